The Morgan fingerprint density at radius 1 is 1.30 bits per heavy atom. The number of rotatable bonds is 8. The van der Waals surface area contributed by atoms with E-state index in [0.29, 0.717) is 13.0 Å². The Labute approximate surface area is 146 Å². The predicted octanol–water partition coefficient (Wildman–Crippen LogP) is 3.83. The lowest BCUT2D eigenvalue weighted by atomic mass is 10.2. The van der Waals surface area contributed by atoms with E-state index >= 15 is 0 Å². The van der Waals surface area contributed by atoms with Crippen molar-refractivity contribution in [3.8, 4) is 0 Å². The molecule has 2 aromatic rings. The first-order valence-electron chi connectivity index (χ1n) is 7.41. The van der Waals surface area contributed by atoms with Crippen LogP contribution in [0.3, 0.4) is 0 Å². The molecule has 0 radical (unpaired) electrons. The van der Waals surface area contributed by atoms with Crippen molar-refractivity contribution >= 4 is 29.3 Å². The molecule has 1 unspecified atom stereocenters. The van der Waals surface area contributed by atoms with Crippen LogP contribution in [0.1, 0.15) is 18.2 Å². The number of hydrogen-bond donors (Lipinski definition) is 1. The standard InChI is InChI=1S/C17H21ClN2O2S/c1-20(2)15(16-4-3-10-22-16)12-19-17(21)9-11-23-14-7-5-13(18)6-8-14/h3-8,10,15H,9,11-12H2,1-2H3,(H,19,21). The maximum absolute atomic E-state index is 12.0. The monoisotopic (exact) mass is 352 g/mol. The summed E-state index contributed by atoms with van der Waals surface area (Å²) >= 11 is 7.50. The van der Waals surface area contributed by atoms with Gasteiger partial charge in [-0.25, -0.2) is 0 Å². The summed E-state index contributed by atoms with van der Waals surface area (Å²) in [5, 5.41) is 3.69. The van der Waals surface area contributed by atoms with Gasteiger partial charge in [0.05, 0.1) is 12.3 Å². The maximum atomic E-state index is 12.0. The van der Waals surface area contributed by atoms with Crippen LogP contribution in [0.15, 0.2) is 52.0 Å². The van der Waals surface area contributed by atoms with E-state index in [0.717, 1.165) is 21.4 Å². The van der Waals surface area contributed by atoms with Crippen molar-refractivity contribution < 1.29 is 9.21 Å². The van der Waals surface area contributed by atoms with Crippen LogP contribution in [0.25, 0.3) is 0 Å². The molecule has 0 saturated carbocycles. The minimum Gasteiger partial charge on any atom is -0.468 e. The molecule has 0 aliphatic carbocycles. The van der Waals surface area contributed by atoms with Gasteiger partial charge in [0.2, 0.25) is 5.91 Å². The van der Waals surface area contributed by atoms with Gasteiger partial charge in [0.25, 0.3) is 0 Å². The van der Waals surface area contributed by atoms with Gasteiger partial charge in [-0.15, -0.1) is 11.8 Å². The molecule has 1 aromatic carbocycles. The van der Waals surface area contributed by atoms with Gasteiger partial charge in [-0.2, -0.15) is 0 Å². The number of nitrogens with zero attached hydrogens (tertiary/aromatic N) is 1. The summed E-state index contributed by atoms with van der Waals surface area (Å²) in [6.07, 6.45) is 2.13. The van der Waals surface area contributed by atoms with Crippen molar-refractivity contribution in [3.05, 3.63) is 53.4 Å². The van der Waals surface area contributed by atoms with Crippen molar-refractivity contribution in [2.45, 2.75) is 17.4 Å². The Morgan fingerprint density at radius 3 is 2.65 bits per heavy atom. The Morgan fingerprint density at radius 2 is 2.04 bits per heavy atom. The lowest BCUT2D eigenvalue weighted by molar-refractivity contribution is -0.120. The van der Waals surface area contributed by atoms with E-state index in [1.54, 1.807) is 18.0 Å². The highest BCUT2D eigenvalue weighted by Crippen LogP contribution is 2.21. The van der Waals surface area contributed by atoms with Gasteiger partial charge in [-0.05, 0) is 50.5 Å². The zero-order chi connectivity index (χ0) is 16.7. The first-order chi connectivity index (χ1) is 11.1. The van der Waals surface area contributed by atoms with Crippen LogP contribution in [0.5, 0.6) is 0 Å². The number of thioether (sulfide) groups is 1. The molecule has 1 N–H and O–H groups in total. The average molecular weight is 353 g/mol. The van der Waals surface area contributed by atoms with Crippen molar-refractivity contribution in [2.75, 3.05) is 26.4 Å². The third-order valence-electron chi connectivity index (χ3n) is 3.40. The highest BCUT2D eigenvalue weighted by Gasteiger charge is 2.17. The molecular formula is C17H21ClN2O2S. The summed E-state index contributed by atoms with van der Waals surface area (Å²) in [4.78, 5) is 15.1. The summed E-state index contributed by atoms with van der Waals surface area (Å²) in [5.74, 6) is 1.64. The molecule has 1 aromatic heterocycles. The van der Waals surface area contributed by atoms with E-state index in [-0.39, 0.29) is 11.9 Å². The van der Waals surface area contributed by atoms with Crippen molar-refractivity contribution in [1.29, 1.82) is 0 Å². The van der Waals surface area contributed by atoms with Crippen LogP contribution >= 0.6 is 23.4 Å². The highest BCUT2D eigenvalue weighted by atomic mass is 35.5. The number of hydrogen-bond acceptors (Lipinski definition) is 4. The topological polar surface area (TPSA) is 45.5 Å². The molecule has 4 nitrogen and oxygen atoms in total. The normalized spacial score (nSPS) is 12.3. The highest BCUT2D eigenvalue weighted by molar-refractivity contribution is 7.99. The molecule has 1 heterocycles. The van der Waals surface area contributed by atoms with E-state index < -0.39 is 0 Å². The Balaban J connectivity index is 1.73. The first-order valence-corrected chi connectivity index (χ1v) is 8.77. The molecule has 0 spiro atoms. The van der Waals surface area contributed by atoms with Crippen LogP contribution in [-0.4, -0.2) is 37.2 Å². The zero-order valence-electron chi connectivity index (χ0n) is 13.3. The zero-order valence-corrected chi connectivity index (χ0v) is 14.9. The molecule has 6 heteroatoms. The van der Waals surface area contributed by atoms with Crippen molar-refractivity contribution in [2.24, 2.45) is 0 Å². The van der Waals surface area contributed by atoms with Gasteiger partial charge in [0.15, 0.2) is 0 Å². The van der Waals surface area contributed by atoms with Gasteiger partial charge in [0, 0.05) is 28.6 Å². The second-order valence-corrected chi connectivity index (χ2v) is 6.96. The smallest absolute Gasteiger partial charge is 0.220 e. The molecule has 0 saturated heterocycles. The van der Waals surface area contributed by atoms with Crippen molar-refractivity contribution in [3.63, 3.8) is 0 Å². The second kappa shape index (κ2) is 9.01. The van der Waals surface area contributed by atoms with E-state index in [1.165, 1.54) is 0 Å². The molecule has 0 fully saturated rings. The number of nitrogens with one attached hydrogen (secondary N) is 1. The number of furan rings is 1. The van der Waals surface area contributed by atoms with Gasteiger partial charge >= 0.3 is 0 Å². The molecule has 0 aliphatic rings. The van der Waals surface area contributed by atoms with Gasteiger partial charge < -0.3 is 9.73 Å². The molecule has 0 bridgehead atoms. The summed E-state index contributed by atoms with van der Waals surface area (Å²) in [5.41, 5.74) is 0. The van der Waals surface area contributed by atoms with E-state index in [2.05, 4.69) is 5.32 Å². The third kappa shape index (κ3) is 5.94. The number of halogens is 1. The fourth-order valence-corrected chi connectivity index (χ4v) is 3.09. The van der Waals surface area contributed by atoms with Gasteiger partial charge in [-0.1, -0.05) is 11.6 Å². The minimum atomic E-state index is 0.0397. The van der Waals surface area contributed by atoms with Gasteiger partial charge in [-0.3, -0.25) is 9.69 Å². The van der Waals surface area contributed by atoms with Crippen LogP contribution in [0.2, 0.25) is 5.02 Å². The van der Waals surface area contributed by atoms with E-state index in [1.807, 2.05) is 55.4 Å². The summed E-state index contributed by atoms with van der Waals surface area (Å²) < 4.78 is 5.43. The summed E-state index contributed by atoms with van der Waals surface area (Å²) in [6, 6.07) is 11.5. The molecule has 1 atom stereocenters. The number of amides is 1. The first kappa shape index (κ1) is 17.9. The molecule has 23 heavy (non-hydrogen) atoms. The largest absolute Gasteiger partial charge is 0.468 e. The van der Waals surface area contributed by atoms with Crippen LogP contribution in [-0.2, 0) is 4.79 Å². The van der Waals surface area contributed by atoms with Crippen molar-refractivity contribution in [1.82, 2.24) is 10.2 Å². The SMILES string of the molecule is CN(C)C(CNC(=O)CCSc1ccc(Cl)cc1)c1ccco1. The molecule has 0 aliphatic heterocycles. The molecule has 1 amide bonds. The quantitative estimate of drug-likeness (QED) is 0.733. The fourth-order valence-electron chi connectivity index (χ4n) is 2.11. The predicted molar refractivity (Wildman–Crippen MR) is 94.9 cm³/mol. The third-order valence-corrected chi connectivity index (χ3v) is 4.66. The lowest BCUT2D eigenvalue weighted by Crippen LogP contribution is -2.34. The minimum absolute atomic E-state index is 0.0397. The van der Waals surface area contributed by atoms with Crippen LogP contribution in [0.4, 0.5) is 0 Å². The molecular weight excluding hydrogens is 332 g/mol. The number of carbonyl (C=O) groups excluding carboxylic acids is 1. The average Bonchev–Trinajstić information content (AvgIpc) is 3.03. The Hall–Kier alpha value is -1.43. The van der Waals surface area contributed by atoms with Crippen LogP contribution in [0, 0.1) is 0 Å². The lowest BCUT2D eigenvalue weighted by Gasteiger charge is -2.22. The van der Waals surface area contributed by atoms with Crippen LogP contribution < -0.4 is 5.32 Å². The molecule has 2 rings (SSSR count). The van der Waals surface area contributed by atoms with E-state index in [9.17, 15) is 4.79 Å². The molecule has 124 valence electrons. The van der Waals surface area contributed by atoms with Gasteiger partial charge in [0.1, 0.15) is 5.76 Å². The number of carbonyl (C=O) groups is 1. The summed E-state index contributed by atoms with van der Waals surface area (Å²) in [7, 11) is 3.94. The van der Waals surface area contributed by atoms with E-state index in [4.69, 9.17) is 16.0 Å². The number of benzene rings is 1. The summed E-state index contributed by atoms with van der Waals surface area (Å²) in [6.45, 7) is 0.533. The Bertz CT molecular complexity index is 600. The Kier molecular flexibility index (Phi) is 7.02. The fraction of sp³-hybridized carbons (Fsp3) is 0.353. The second-order valence-electron chi connectivity index (χ2n) is 5.35. The maximum Gasteiger partial charge on any atom is 0.220 e. The number of likely N-dealkylation sites (N-methyl/N-ethyl adjacent to an activating group) is 1.